The molecule has 0 aromatic heterocycles. The van der Waals surface area contributed by atoms with Gasteiger partial charge in [-0.3, -0.25) is 0 Å². The van der Waals surface area contributed by atoms with Crippen LogP contribution in [0.5, 0.6) is 11.5 Å². The molecule has 0 saturated carbocycles. The first kappa shape index (κ1) is 18.3. The highest BCUT2D eigenvalue weighted by Crippen LogP contribution is 2.33. The Bertz CT molecular complexity index is 685. The van der Waals surface area contributed by atoms with E-state index < -0.39 is 0 Å². The maximum atomic E-state index is 13.6. The first-order valence-electron chi connectivity index (χ1n) is 8.20. The zero-order valence-electron chi connectivity index (χ0n) is 14.8. The van der Waals surface area contributed by atoms with Crippen molar-refractivity contribution in [3.63, 3.8) is 0 Å². The van der Waals surface area contributed by atoms with Gasteiger partial charge in [0, 0.05) is 5.92 Å². The minimum atomic E-state index is -0.274. The van der Waals surface area contributed by atoms with Crippen molar-refractivity contribution in [2.24, 2.45) is 5.73 Å². The van der Waals surface area contributed by atoms with E-state index in [2.05, 4.69) is 26.0 Å². The molecule has 0 aliphatic rings. The second kappa shape index (κ2) is 8.15. The second-order valence-electron chi connectivity index (χ2n) is 6.25. The molecule has 2 aromatic carbocycles. The Morgan fingerprint density at radius 2 is 1.67 bits per heavy atom. The number of hydrogen-bond donors (Lipinski definition) is 1. The van der Waals surface area contributed by atoms with Gasteiger partial charge in [0.05, 0.1) is 14.2 Å². The van der Waals surface area contributed by atoms with Gasteiger partial charge in [-0.15, -0.1) is 0 Å². The molecule has 2 N–H and O–H groups in total. The molecule has 0 bridgehead atoms. The zero-order valence-corrected chi connectivity index (χ0v) is 14.8. The molecule has 1 atom stereocenters. The molecule has 24 heavy (non-hydrogen) atoms. The summed E-state index contributed by atoms with van der Waals surface area (Å²) in [4.78, 5) is 0. The van der Waals surface area contributed by atoms with E-state index >= 15 is 0 Å². The number of benzene rings is 2. The zero-order chi connectivity index (χ0) is 17.7. The third-order valence-corrected chi connectivity index (χ3v) is 4.35. The quantitative estimate of drug-likeness (QED) is 0.825. The van der Waals surface area contributed by atoms with Crippen molar-refractivity contribution in [1.82, 2.24) is 0 Å². The van der Waals surface area contributed by atoms with Crippen molar-refractivity contribution in [1.29, 1.82) is 0 Å². The van der Waals surface area contributed by atoms with Gasteiger partial charge in [-0.1, -0.05) is 26.0 Å². The lowest BCUT2D eigenvalue weighted by atomic mass is 9.88. The summed E-state index contributed by atoms with van der Waals surface area (Å²) in [6, 6.07) is 10.8. The maximum Gasteiger partial charge on any atom is 0.123 e. The van der Waals surface area contributed by atoms with Crippen LogP contribution in [0.1, 0.15) is 42.4 Å². The van der Waals surface area contributed by atoms with E-state index in [1.54, 1.807) is 20.3 Å². The lowest BCUT2D eigenvalue weighted by molar-refractivity contribution is 0.399. The molecule has 2 aromatic rings. The molecule has 0 aliphatic carbocycles. The molecule has 0 fully saturated rings. The summed E-state index contributed by atoms with van der Waals surface area (Å²) in [6.45, 7) is 4.74. The van der Waals surface area contributed by atoms with Crippen LogP contribution in [0.4, 0.5) is 4.39 Å². The monoisotopic (exact) mass is 331 g/mol. The third-order valence-electron chi connectivity index (χ3n) is 4.35. The SMILES string of the molecule is COc1ccc(F)cc1CC(CN)c1cc(C(C)C)ccc1OC. The molecule has 0 aliphatic heterocycles. The first-order valence-corrected chi connectivity index (χ1v) is 8.20. The lowest BCUT2D eigenvalue weighted by Gasteiger charge is -2.21. The van der Waals surface area contributed by atoms with Crippen LogP contribution in [0.25, 0.3) is 0 Å². The molecular weight excluding hydrogens is 305 g/mol. The predicted octanol–water partition coefficient (Wildman–Crippen LogP) is 4.25. The highest BCUT2D eigenvalue weighted by Gasteiger charge is 2.19. The number of hydrogen-bond acceptors (Lipinski definition) is 3. The molecular formula is C20H26FNO2. The summed E-state index contributed by atoms with van der Waals surface area (Å²) in [6.07, 6.45) is 0.593. The van der Waals surface area contributed by atoms with Gasteiger partial charge in [0.15, 0.2) is 0 Å². The number of methoxy groups -OCH3 is 2. The van der Waals surface area contributed by atoms with Crippen LogP contribution < -0.4 is 15.2 Å². The molecule has 0 radical (unpaired) electrons. The van der Waals surface area contributed by atoms with Crippen molar-refractivity contribution >= 4 is 0 Å². The van der Waals surface area contributed by atoms with Gasteiger partial charge in [0.1, 0.15) is 17.3 Å². The van der Waals surface area contributed by atoms with Crippen molar-refractivity contribution in [2.75, 3.05) is 20.8 Å². The van der Waals surface area contributed by atoms with Gasteiger partial charge in [0.25, 0.3) is 0 Å². The normalized spacial score (nSPS) is 12.3. The van der Waals surface area contributed by atoms with Crippen molar-refractivity contribution in [2.45, 2.75) is 32.1 Å². The van der Waals surface area contributed by atoms with Crippen LogP contribution in [0, 0.1) is 5.82 Å². The summed E-state index contributed by atoms with van der Waals surface area (Å²) in [7, 11) is 3.25. The second-order valence-corrected chi connectivity index (χ2v) is 6.25. The summed E-state index contributed by atoms with van der Waals surface area (Å²) < 4.78 is 24.5. The van der Waals surface area contributed by atoms with E-state index in [9.17, 15) is 4.39 Å². The van der Waals surface area contributed by atoms with Crippen LogP contribution in [0.2, 0.25) is 0 Å². The van der Waals surface area contributed by atoms with Crippen LogP contribution in [0.15, 0.2) is 36.4 Å². The van der Waals surface area contributed by atoms with Gasteiger partial charge in [-0.25, -0.2) is 4.39 Å². The Labute approximate surface area is 143 Å². The fourth-order valence-electron chi connectivity index (χ4n) is 2.92. The van der Waals surface area contributed by atoms with E-state index in [0.717, 1.165) is 16.9 Å². The largest absolute Gasteiger partial charge is 0.496 e. The molecule has 0 heterocycles. The smallest absolute Gasteiger partial charge is 0.123 e. The summed E-state index contributed by atoms with van der Waals surface area (Å²) in [5, 5.41) is 0. The summed E-state index contributed by atoms with van der Waals surface area (Å²) in [5.41, 5.74) is 9.14. The Morgan fingerprint density at radius 3 is 2.25 bits per heavy atom. The Balaban J connectivity index is 2.41. The molecule has 4 heteroatoms. The van der Waals surface area contributed by atoms with E-state index in [0.29, 0.717) is 24.6 Å². The Hall–Kier alpha value is -2.07. The molecule has 130 valence electrons. The van der Waals surface area contributed by atoms with E-state index in [4.69, 9.17) is 15.2 Å². The van der Waals surface area contributed by atoms with Crippen LogP contribution in [0.3, 0.4) is 0 Å². The Morgan fingerprint density at radius 1 is 1.00 bits per heavy atom. The summed E-state index contributed by atoms with van der Waals surface area (Å²) in [5.74, 6) is 1.65. The molecule has 1 unspecified atom stereocenters. The van der Waals surface area contributed by atoms with Crippen molar-refractivity contribution < 1.29 is 13.9 Å². The standard InChI is InChI=1S/C20H26FNO2/c1-13(2)14-5-7-20(24-4)18(11-14)16(12-22)9-15-10-17(21)6-8-19(15)23-3/h5-8,10-11,13,16H,9,12,22H2,1-4H3. The van der Waals surface area contributed by atoms with Gasteiger partial charge < -0.3 is 15.2 Å². The number of rotatable bonds is 7. The summed E-state index contributed by atoms with van der Waals surface area (Å²) >= 11 is 0. The van der Waals surface area contributed by atoms with Gasteiger partial charge in [-0.2, -0.15) is 0 Å². The average Bonchev–Trinajstić information content (AvgIpc) is 2.59. The third kappa shape index (κ3) is 4.06. The van der Waals surface area contributed by atoms with Crippen LogP contribution in [-0.2, 0) is 6.42 Å². The fourth-order valence-corrected chi connectivity index (χ4v) is 2.92. The first-order chi connectivity index (χ1) is 11.5. The highest BCUT2D eigenvalue weighted by molar-refractivity contribution is 5.43. The van der Waals surface area contributed by atoms with Gasteiger partial charge in [-0.05, 0) is 59.8 Å². The Kier molecular flexibility index (Phi) is 6.21. The van der Waals surface area contributed by atoms with E-state index in [1.165, 1.54) is 17.7 Å². The van der Waals surface area contributed by atoms with Crippen molar-refractivity contribution in [3.05, 3.63) is 58.9 Å². The number of halogens is 1. The molecule has 0 saturated heterocycles. The maximum absolute atomic E-state index is 13.6. The minimum Gasteiger partial charge on any atom is -0.496 e. The van der Waals surface area contributed by atoms with Gasteiger partial charge in [0.2, 0.25) is 0 Å². The lowest BCUT2D eigenvalue weighted by Crippen LogP contribution is -2.17. The number of nitrogens with two attached hydrogens (primary N) is 1. The number of ether oxygens (including phenoxy) is 2. The average molecular weight is 331 g/mol. The van der Waals surface area contributed by atoms with Crippen LogP contribution in [-0.4, -0.2) is 20.8 Å². The highest BCUT2D eigenvalue weighted by atomic mass is 19.1. The van der Waals surface area contributed by atoms with Crippen molar-refractivity contribution in [3.8, 4) is 11.5 Å². The molecule has 0 spiro atoms. The fraction of sp³-hybridized carbons (Fsp3) is 0.400. The molecule has 2 rings (SSSR count). The molecule has 3 nitrogen and oxygen atoms in total. The van der Waals surface area contributed by atoms with E-state index in [-0.39, 0.29) is 11.7 Å². The topological polar surface area (TPSA) is 44.5 Å². The minimum absolute atomic E-state index is 0.0225. The van der Waals surface area contributed by atoms with Gasteiger partial charge >= 0.3 is 0 Å². The van der Waals surface area contributed by atoms with Crippen LogP contribution >= 0.6 is 0 Å². The predicted molar refractivity (Wildman–Crippen MR) is 95.5 cm³/mol. The van der Waals surface area contributed by atoms with E-state index in [1.807, 2.05) is 6.07 Å². The molecule has 0 amide bonds.